The predicted octanol–water partition coefficient (Wildman–Crippen LogP) is 4.30. The van der Waals surface area contributed by atoms with Crippen LogP contribution in [0.4, 0.5) is 18.3 Å². The zero-order chi connectivity index (χ0) is 20.5. The van der Waals surface area contributed by atoms with E-state index in [1.165, 1.54) is 18.2 Å². The number of anilines is 1. The van der Waals surface area contributed by atoms with E-state index >= 15 is 0 Å². The third kappa shape index (κ3) is 4.57. The zero-order valence-electron chi connectivity index (χ0n) is 14.9. The summed E-state index contributed by atoms with van der Waals surface area (Å²) in [5.74, 6) is 0.308. The van der Waals surface area contributed by atoms with Crippen LogP contribution < -0.4 is 5.32 Å². The van der Waals surface area contributed by atoms with E-state index in [1.807, 2.05) is 0 Å². The number of aromatic nitrogens is 2. The average molecular weight is 411 g/mol. The smallest absolute Gasteiger partial charge is 0.416 e. The third-order valence-electron chi connectivity index (χ3n) is 3.80. The molecule has 0 bridgehead atoms. The van der Waals surface area contributed by atoms with Crippen LogP contribution in [0.3, 0.4) is 0 Å². The van der Waals surface area contributed by atoms with Crippen LogP contribution in [0.15, 0.2) is 34.7 Å². The van der Waals surface area contributed by atoms with E-state index in [0.717, 1.165) is 23.7 Å². The molecule has 10 heteroatoms. The summed E-state index contributed by atoms with van der Waals surface area (Å²) in [5.41, 5.74) is -0.406. The highest BCUT2D eigenvalue weighted by Crippen LogP contribution is 2.33. The van der Waals surface area contributed by atoms with Gasteiger partial charge in [0, 0.05) is 23.5 Å². The second kappa shape index (κ2) is 7.72. The number of carbonyl (C=O) groups is 1. The first-order valence-electron chi connectivity index (χ1n) is 8.23. The molecule has 0 fully saturated rings. The number of benzene rings is 1. The standard InChI is InChI=1S/C18H16F3N3O3S/c1-9(25)6-15-22-17(28-24-15)23-16(26)13-8-14(27-10(13)2)11-4-3-5-12(7-11)18(19,20)21/h3-5,7-9,25H,6H2,1-2H3,(H,22,23,24,26). The highest BCUT2D eigenvalue weighted by Gasteiger charge is 2.30. The van der Waals surface area contributed by atoms with Crippen LogP contribution in [0.1, 0.15) is 34.4 Å². The molecule has 0 saturated heterocycles. The molecule has 2 N–H and O–H groups in total. The van der Waals surface area contributed by atoms with Crippen LogP contribution in [0.25, 0.3) is 11.3 Å². The Morgan fingerprint density at radius 1 is 1.36 bits per heavy atom. The van der Waals surface area contributed by atoms with Crippen molar-refractivity contribution in [3.05, 3.63) is 53.0 Å². The summed E-state index contributed by atoms with van der Waals surface area (Å²) in [7, 11) is 0. The van der Waals surface area contributed by atoms with Crippen molar-refractivity contribution in [1.29, 1.82) is 0 Å². The number of nitrogens with one attached hydrogen (secondary N) is 1. The number of furan rings is 1. The number of carbonyl (C=O) groups excluding carboxylic acids is 1. The Bertz CT molecular complexity index is 995. The fourth-order valence-electron chi connectivity index (χ4n) is 2.51. The molecule has 28 heavy (non-hydrogen) atoms. The van der Waals surface area contributed by atoms with Crippen molar-refractivity contribution in [1.82, 2.24) is 9.36 Å². The van der Waals surface area contributed by atoms with Gasteiger partial charge in [0.05, 0.1) is 17.2 Å². The van der Waals surface area contributed by atoms with Crippen molar-refractivity contribution in [2.24, 2.45) is 0 Å². The maximum Gasteiger partial charge on any atom is 0.416 e. The fourth-order valence-corrected chi connectivity index (χ4v) is 3.11. The topological polar surface area (TPSA) is 88.2 Å². The van der Waals surface area contributed by atoms with Crippen LogP contribution in [0, 0.1) is 6.92 Å². The van der Waals surface area contributed by atoms with Gasteiger partial charge >= 0.3 is 6.18 Å². The van der Waals surface area contributed by atoms with Crippen molar-refractivity contribution in [3.8, 4) is 11.3 Å². The number of hydrogen-bond acceptors (Lipinski definition) is 6. The van der Waals surface area contributed by atoms with Crippen LogP contribution in [0.2, 0.25) is 0 Å². The van der Waals surface area contributed by atoms with E-state index in [2.05, 4.69) is 14.7 Å². The minimum absolute atomic E-state index is 0.154. The lowest BCUT2D eigenvalue weighted by molar-refractivity contribution is -0.137. The Labute approximate surface area is 162 Å². The van der Waals surface area contributed by atoms with Gasteiger partial charge in [-0.15, -0.1) is 0 Å². The second-order valence-corrected chi connectivity index (χ2v) is 6.93. The van der Waals surface area contributed by atoms with Gasteiger partial charge in [0.1, 0.15) is 17.3 Å². The van der Waals surface area contributed by atoms with Gasteiger partial charge in [0.25, 0.3) is 5.91 Å². The Balaban J connectivity index is 1.80. The lowest BCUT2D eigenvalue weighted by Crippen LogP contribution is -2.12. The molecule has 0 aliphatic heterocycles. The first-order valence-corrected chi connectivity index (χ1v) is 9.01. The van der Waals surface area contributed by atoms with Gasteiger partial charge in [-0.1, -0.05) is 12.1 Å². The molecule has 0 spiro atoms. The molecule has 1 amide bonds. The molecule has 6 nitrogen and oxygen atoms in total. The second-order valence-electron chi connectivity index (χ2n) is 6.18. The molecular formula is C18H16F3N3O3S. The molecule has 1 unspecified atom stereocenters. The lowest BCUT2D eigenvalue weighted by atomic mass is 10.1. The summed E-state index contributed by atoms with van der Waals surface area (Å²) in [6.45, 7) is 3.15. The van der Waals surface area contributed by atoms with Gasteiger partial charge in [-0.25, -0.2) is 4.98 Å². The summed E-state index contributed by atoms with van der Waals surface area (Å²) in [6.07, 6.45) is -4.82. The van der Waals surface area contributed by atoms with Crippen molar-refractivity contribution in [3.63, 3.8) is 0 Å². The molecule has 3 rings (SSSR count). The van der Waals surface area contributed by atoms with Gasteiger partial charge < -0.3 is 9.52 Å². The van der Waals surface area contributed by atoms with Crippen LogP contribution in [0.5, 0.6) is 0 Å². The Morgan fingerprint density at radius 3 is 2.79 bits per heavy atom. The minimum atomic E-state index is -4.47. The molecule has 3 aromatic rings. The largest absolute Gasteiger partial charge is 0.461 e. The van der Waals surface area contributed by atoms with E-state index in [0.29, 0.717) is 5.82 Å². The van der Waals surface area contributed by atoms with E-state index in [4.69, 9.17) is 4.42 Å². The number of rotatable bonds is 5. The van der Waals surface area contributed by atoms with E-state index in [-0.39, 0.29) is 34.2 Å². The van der Waals surface area contributed by atoms with E-state index < -0.39 is 23.8 Å². The zero-order valence-corrected chi connectivity index (χ0v) is 15.7. The average Bonchev–Trinajstić information content (AvgIpc) is 3.20. The highest BCUT2D eigenvalue weighted by atomic mass is 32.1. The molecule has 0 radical (unpaired) electrons. The van der Waals surface area contributed by atoms with Crippen LogP contribution >= 0.6 is 11.5 Å². The molecule has 0 saturated carbocycles. The monoisotopic (exact) mass is 411 g/mol. The molecule has 0 aliphatic carbocycles. The van der Waals surface area contributed by atoms with Gasteiger partial charge in [0.2, 0.25) is 5.13 Å². The summed E-state index contributed by atoms with van der Waals surface area (Å²) < 4.78 is 48.2. The maximum atomic E-state index is 12.9. The number of aryl methyl sites for hydroxylation is 1. The Morgan fingerprint density at radius 2 is 2.11 bits per heavy atom. The van der Waals surface area contributed by atoms with Gasteiger partial charge in [0.15, 0.2) is 0 Å². The number of hydrogen-bond donors (Lipinski definition) is 2. The molecule has 2 aromatic heterocycles. The van der Waals surface area contributed by atoms with Crippen LogP contribution in [-0.4, -0.2) is 26.5 Å². The lowest BCUT2D eigenvalue weighted by Gasteiger charge is -2.07. The Kier molecular flexibility index (Phi) is 5.52. The summed E-state index contributed by atoms with van der Waals surface area (Å²) >= 11 is 0.968. The summed E-state index contributed by atoms with van der Waals surface area (Å²) in [4.78, 5) is 16.6. The molecular weight excluding hydrogens is 395 g/mol. The quantitative estimate of drug-likeness (QED) is 0.654. The first kappa shape index (κ1) is 20.0. The van der Waals surface area contributed by atoms with Crippen molar-refractivity contribution in [2.75, 3.05) is 5.32 Å². The summed E-state index contributed by atoms with van der Waals surface area (Å²) in [6, 6.07) is 6.07. The number of aliphatic hydroxyl groups excluding tert-OH is 1. The van der Waals surface area contributed by atoms with E-state index in [9.17, 15) is 23.1 Å². The predicted molar refractivity (Wildman–Crippen MR) is 97.1 cm³/mol. The molecule has 1 aromatic carbocycles. The van der Waals surface area contributed by atoms with E-state index in [1.54, 1.807) is 13.8 Å². The fraction of sp³-hybridized carbons (Fsp3) is 0.278. The minimum Gasteiger partial charge on any atom is -0.461 e. The van der Waals surface area contributed by atoms with Crippen molar-refractivity contribution in [2.45, 2.75) is 32.5 Å². The number of nitrogens with zero attached hydrogens (tertiary/aromatic N) is 2. The van der Waals surface area contributed by atoms with Gasteiger partial charge in [-0.05, 0) is 32.0 Å². The first-order chi connectivity index (χ1) is 13.1. The van der Waals surface area contributed by atoms with Gasteiger partial charge in [-0.3, -0.25) is 10.1 Å². The van der Waals surface area contributed by atoms with Crippen molar-refractivity contribution < 1.29 is 27.5 Å². The third-order valence-corrected chi connectivity index (χ3v) is 4.47. The molecule has 0 aliphatic rings. The van der Waals surface area contributed by atoms with Crippen molar-refractivity contribution >= 4 is 22.6 Å². The number of alkyl halides is 3. The Hall–Kier alpha value is -2.72. The molecule has 148 valence electrons. The van der Waals surface area contributed by atoms with Gasteiger partial charge in [-0.2, -0.15) is 17.5 Å². The number of amides is 1. The highest BCUT2D eigenvalue weighted by molar-refractivity contribution is 7.09. The molecule has 2 heterocycles. The molecule has 1 atom stereocenters. The normalized spacial score (nSPS) is 12.8. The SMILES string of the molecule is Cc1oc(-c2cccc(C(F)(F)F)c2)cc1C(=O)Nc1nc(CC(C)O)ns1. The summed E-state index contributed by atoms with van der Waals surface area (Å²) in [5, 5.41) is 12.2. The van der Waals surface area contributed by atoms with Crippen LogP contribution in [-0.2, 0) is 12.6 Å². The number of halogens is 3. The maximum absolute atomic E-state index is 12.9. The number of aliphatic hydroxyl groups is 1.